The minimum Gasteiger partial charge on any atom is -0.373 e. The molecule has 1 aromatic carbocycles. The highest BCUT2D eigenvalue weighted by Gasteiger charge is 2.27. The molecule has 2 fully saturated rings. The number of piperidine rings is 1. The highest BCUT2D eigenvalue weighted by atomic mass is 35.5. The summed E-state index contributed by atoms with van der Waals surface area (Å²) in [5.74, 6) is 0.788. The summed E-state index contributed by atoms with van der Waals surface area (Å²) in [5.41, 5.74) is 3.46. The Hall–Kier alpha value is -1.40. The normalized spacial score (nSPS) is 24.4. The number of benzene rings is 1. The third-order valence-corrected chi connectivity index (χ3v) is 6.88. The second-order valence-corrected chi connectivity index (χ2v) is 9.55. The molecule has 164 valence electrons. The molecule has 2 saturated heterocycles. The van der Waals surface area contributed by atoms with Gasteiger partial charge in [0, 0.05) is 31.7 Å². The van der Waals surface area contributed by atoms with Crippen LogP contribution in [0.15, 0.2) is 30.3 Å². The molecule has 5 nitrogen and oxygen atoms in total. The zero-order valence-corrected chi connectivity index (χ0v) is 19.3. The van der Waals surface area contributed by atoms with E-state index < -0.39 is 0 Å². The van der Waals surface area contributed by atoms with E-state index in [4.69, 9.17) is 21.4 Å². The molecule has 4 rings (SSSR count). The van der Waals surface area contributed by atoms with E-state index in [0.29, 0.717) is 12.2 Å². The van der Waals surface area contributed by atoms with Crippen LogP contribution in [0.4, 0.5) is 0 Å². The molecule has 3 heterocycles. The standard InChI is InChI=1S/C24H35ClN4O/c1-18-13-28(14-19(2)30-18)15-22-9-11-27(12-10-22)17-23-20(3)26-29(24(23)25)16-21-7-5-4-6-8-21/h4-8,18-19,22H,9-17H2,1-3H3/t18-,19-/m0/s1. The number of nitrogens with zero attached hydrogens (tertiary/aromatic N) is 4. The third kappa shape index (κ3) is 5.44. The van der Waals surface area contributed by atoms with Gasteiger partial charge < -0.3 is 4.74 Å². The van der Waals surface area contributed by atoms with Gasteiger partial charge in [-0.3, -0.25) is 9.80 Å². The first kappa shape index (κ1) is 21.8. The Morgan fingerprint density at radius 1 is 1.00 bits per heavy atom. The van der Waals surface area contributed by atoms with Crippen molar-refractivity contribution >= 4 is 11.6 Å². The van der Waals surface area contributed by atoms with E-state index in [1.54, 1.807) is 0 Å². The first-order chi connectivity index (χ1) is 14.5. The molecular weight excluding hydrogens is 396 g/mol. The van der Waals surface area contributed by atoms with E-state index in [9.17, 15) is 0 Å². The number of morpholine rings is 1. The second kappa shape index (κ2) is 9.82. The molecule has 2 aromatic rings. The molecule has 0 amide bonds. The summed E-state index contributed by atoms with van der Waals surface area (Å²) in [6.07, 6.45) is 3.22. The van der Waals surface area contributed by atoms with Gasteiger partial charge in [0.25, 0.3) is 0 Å². The van der Waals surface area contributed by atoms with Gasteiger partial charge in [-0.05, 0) is 58.2 Å². The van der Waals surface area contributed by atoms with Gasteiger partial charge in [-0.2, -0.15) is 5.10 Å². The predicted molar refractivity (Wildman–Crippen MR) is 122 cm³/mol. The number of ether oxygens (including phenoxy) is 1. The fourth-order valence-corrected chi connectivity index (χ4v) is 5.27. The van der Waals surface area contributed by atoms with Gasteiger partial charge in [0.15, 0.2) is 0 Å². The largest absolute Gasteiger partial charge is 0.373 e. The highest BCUT2D eigenvalue weighted by Crippen LogP contribution is 2.26. The lowest BCUT2D eigenvalue weighted by atomic mass is 9.95. The molecular formula is C24H35ClN4O. The minimum atomic E-state index is 0.353. The van der Waals surface area contributed by atoms with Crippen molar-refractivity contribution in [2.24, 2.45) is 5.92 Å². The topological polar surface area (TPSA) is 33.5 Å². The molecule has 2 atom stereocenters. The molecule has 6 heteroatoms. The number of rotatable bonds is 6. The monoisotopic (exact) mass is 430 g/mol. The molecule has 30 heavy (non-hydrogen) atoms. The minimum absolute atomic E-state index is 0.353. The van der Waals surface area contributed by atoms with Crippen LogP contribution >= 0.6 is 11.6 Å². The summed E-state index contributed by atoms with van der Waals surface area (Å²) in [7, 11) is 0. The van der Waals surface area contributed by atoms with Crippen LogP contribution in [-0.2, 0) is 17.8 Å². The van der Waals surface area contributed by atoms with Gasteiger partial charge in [0.1, 0.15) is 5.15 Å². The van der Waals surface area contributed by atoms with E-state index in [-0.39, 0.29) is 0 Å². The first-order valence-corrected chi connectivity index (χ1v) is 11.7. The Bertz CT molecular complexity index is 806. The highest BCUT2D eigenvalue weighted by molar-refractivity contribution is 6.30. The number of hydrogen-bond acceptors (Lipinski definition) is 4. The van der Waals surface area contributed by atoms with Crippen molar-refractivity contribution in [3.05, 3.63) is 52.3 Å². The van der Waals surface area contributed by atoms with Crippen molar-refractivity contribution in [2.45, 2.75) is 58.9 Å². The van der Waals surface area contributed by atoms with Gasteiger partial charge in [-0.1, -0.05) is 41.9 Å². The number of likely N-dealkylation sites (tertiary alicyclic amines) is 1. The molecule has 0 N–H and O–H groups in total. The molecule has 2 aliphatic rings. The van der Waals surface area contributed by atoms with Crippen LogP contribution in [0.2, 0.25) is 5.15 Å². The van der Waals surface area contributed by atoms with Crippen LogP contribution in [0.25, 0.3) is 0 Å². The lowest BCUT2D eigenvalue weighted by Crippen LogP contribution is -2.48. The first-order valence-electron chi connectivity index (χ1n) is 11.3. The maximum absolute atomic E-state index is 6.74. The zero-order valence-electron chi connectivity index (χ0n) is 18.6. The van der Waals surface area contributed by atoms with E-state index in [1.165, 1.54) is 30.5 Å². The van der Waals surface area contributed by atoms with Crippen molar-refractivity contribution < 1.29 is 4.74 Å². The number of hydrogen-bond donors (Lipinski definition) is 0. The Kier molecular flexibility index (Phi) is 7.14. The van der Waals surface area contributed by atoms with Crippen molar-refractivity contribution in [1.82, 2.24) is 19.6 Å². The Labute approximate surface area is 185 Å². The molecule has 0 unspecified atom stereocenters. The fraction of sp³-hybridized carbons (Fsp3) is 0.625. The molecule has 0 spiro atoms. The predicted octanol–water partition coefficient (Wildman–Crippen LogP) is 4.21. The van der Waals surface area contributed by atoms with E-state index in [2.05, 4.69) is 54.8 Å². The average Bonchev–Trinajstić information content (AvgIpc) is 2.97. The summed E-state index contributed by atoms with van der Waals surface area (Å²) < 4.78 is 7.82. The smallest absolute Gasteiger partial charge is 0.132 e. The van der Waals surface area contributed by atoms with Crippen LogP contribution < -0.4 is 0 Å². The van der Waals surface area contributed by atoms with Crippen LogP contribution in [0.3, 0.4) is 0 Å². The molecule has 0 saturated carbocycles. The lowest BCUT2D eigenvalue weighted by molar-refractivity contribution is -0.0732. The van der Waals surface area contributed by atoms with Crippen LogP contribution in [-0.4, -0.2) is 64.5 Å². The number of aryl methyl sites for hydroxylation is 1. The van der Waals surface area contributed by atoms with Crippen molar-refractivity contribution in [2.75, 3.05) is 32.7 Å². The van der Waals surface area contributed by atoms with Gasteiger partial charge in [0.2, 0.25) is 0 Å². The van der Waals surface area contributed by atoms with Gasteiger partial charge in [-0.25, -0.2) is 4.68 Å². The molecule has 0 aliphatic carbocycles. The van der Waals surface area contributed by atoms with Gasteiger partial charge >= 0.3 is 0 Å². The Balaban J connectivity index is 1.30. The van der Waals surface area contributed by atoms with E-state index in [0.717, 1.165) is 56.0 Å². The van der Waals surface area contributed by atoms with Crippen LogP contribution in [0.5, 0.6) is 0 Å². The van der Waals surface area contributed by atoms with Crippen molar-refractivity contribution in [3.63, 3.8) is 0 Å². The van der Waals surface area contributed by atoms with Crippen LogP contribution in [0.1, 0.15) is 43.5 Å². The van der Waals surface area contributed by atoms with Gasteiger partial charge in [0.05, 0.1) is 24.4 Å². The molecule has 2 aliphatic heterocycles. The quantitative estimate of drug-likeness (QED) is 0.687. The second-order valence-electron chi connectivity index (χ2n) is 9.19. The number of halogens is 1. The Morgan fingerprint density at radius 2 is 1.67 bits per heavy atom. The molecule has 1 aromatic heterocycles. The van der Waals surface area contributed by atoms with Crippen molar-refractivity contribution in [3.8, 4) is 0 Å². The number of aromatic nitrogens is 2. The third-order valence-electron chi connectivity index (χ3n) is 6.46. The maximum atomic E-state index is 6.74. The summed E-state index contributed by atoms with van der Waals surface area (Å²) in [6, 6.07) is 10.4. The average molecular weight is 431 g/mol. The summed E-state index contributed by atoms with van der Waals surface area (Å²) in [4.78, 5) is 5.15. The maximum Gasteiger partial charge on any atom is 0.132 e. The fourth-order valence-electron chi connectivity index (χ4n) is 4.98. The van der Waals surface area contributed by atoms with E-state index in [1.807, 2.05) is 10.7 Å². The molecule has 0 bridgehead atoms. The SMILES string of the molecule is Cc1nn(Cc2ccccc2)c(Cl)c1CN1CCC(CN2C[C@H](C)O[C@@H](C)C2)CC1. The van der Waals surface area contributed by atoms with Crippen LogP contribution in [0, 0.1) is 12.8 Å². The Morgan fingerprint density at radius 3 is 2.33 bits per heavy atom. The van der Waals surface area contributed by atoms with Gasteiger partial charge in [-0.15, -0.1) is 0 Å². The zero-order chi connectivity index (χ0) is 21.1. The summed E-state index contributed by atoms with van der Waals surface area (Å²) in [6.45, 7) is 13.7. The van der Waals surface area contributed by atoms with Crippen molar-refractivity contribution in [1.29, 1.82) is 0 Å². The molecule has 0 radical (unpaired) electrons. The summed E-state index contributed by atoms with van der Waals surface area (Å²) >= 11 is 6.74. The lowest BCUT2D eigenvalue weighted by Gasteiger charge is -2.39. The van der Waals surface area contributed by atoms with E-state index >= 15 is 0 Å². The summed E-state index contributed by atoms with van der Waals surface area (Å²) in [5, 5.41) is 5.50.